The first-order chi connectivity index (χ1) is 12.7. The summed E-state index contributed by atoms with van der Waals surface area (Å²) in [6.45, 7) is 4.39. The molecular weight excluding hydrogens is 362 g/mol. The summed E-state index contributed by atoms with van der Waals surface area (Å²) in [5.74, 6) is 0.149. The van der Waals surface area contributed by atoms with Crippen LogP contribution in [0.1, 0.15) is 50.3 Å². The van der Waals surface area contributed by atoms with Crippen molar-refractivity contribution in [2.24, 2.45) is 16.7 Å². The van der Waals surface area contributed by atoms with Gasteiger partial charge in [-0.25, -0.2) is 12.7 Å². The minimum Gasteiger partial charge on any atom is -0.344 e. The highest BCUT2D eigenvalue weighted by molar-refractivity contribution is 7.90. The number of rotatable bonds is 1. The van der Waals surface area contributed by atoms with Crippen molar-refractivity contribution >= 4 is 15.9 Å². The third kappa shape index (κ3) is 1.59. The monoisotopic (exact) mass is 385 g/mol. The van der Waals surface area contributed by atoms with E-state index in [1.807, 2.05) is 30.3 Å². The molecule has 5 aliphatic rings. The van der Waals surface area contributed by atoms with Crippen LogP contribution in [0.2, 0.25) is 0 Å². The Morgan fingerprint density at radius 2 is 2.04 bits per heavy atom. The molecule has 1 aromatic carbocycles. The highest BCUT2D eigenvalue weighted by Gasteiger charge is 2.73. The van der Waals surface area contributed by atoms with Crippen LogP contribution in [0.5, 0.6) is 0 Å². The molecule has 1 amide bonds. The Hall–Kier alpha value is -1.66. The van der Waals surface area contributed by atoms with Gasteiger partial charge in [0.05, 0.1) is 11.8 Å². The molecular formula is C21H23NO4S. The van der Waals surface area contributed by atoms with Crippen LogP contribution in [-0.2, 0) is 25.2 Å². The summed E-state index contributed by atoms with van der Waals surface area (Å²) in [6, 6.07) is 7.42. The summed E-state index contributed by atoms with van der Waals surface area (Å²) >= 11 is 0. The maximum absolute atomic E-state index is 13.8. The number of fused-ring (bicyclic) bond motifs is 6. The van der Waals surface area contributed by atoms with Gasteiger partial charge in [-0.2, -0.15) is 0 Å². The van der Waals surface area contributed by atoms with Gasteiger partial charge in [0.15, 0.2) is 5.60 Å². The number of nitrogens with zero attached hydrogens (tertiary/aromatic N) is 1. The molecule has 1 spiro atoms. The summed E-state index contributed by atoms with van der Waals surface area (Å²) in [6.07, 6.45) is 6.11. The first kappa shape index (κ1) is 16.3. The molecule has 3 aliphatic heterocycles. The quantitative estimate of drug-likeness (QED) is 0.698. The maximum atomic E-state index is 13.8. The van der Waals surface area contributed by atoms with Crippen LogP contribution in [0.15, 0.2) is 36.4 Å². The average molecular weight is 385 g/mol. The largest absolute Gasteiger partial charge is 0.344 e. The molecule has 3 heterocycles. The summed E-state index contributed by atoms with van der Waals surface area (Å²) in [5, 5.41) is 0. The summed E-state index contributed by atoms with van der Waals surface area (Å²) in [7, 11) is -3.66. The van der Waals surface area contributed by atoms with Crippen LogP contribution in [0.25, 0.3) is 0 Å². The van der Waals surface area contributed by atoms with E-state index >= 15 is 0 Å². The van der Waals surface area contributed by atoms with Gasteiger partial charge in [-0.3, -0.25) is 4.79 Å². The topological polar surface area (TPSA) is 63.7 Å². The van der Waals surface area contributed by atoms with E-state index in [2.05, 4.69) is 13.8 Å². The Kier molecular flexibility index (Phi) is 2.71. The Labute approximate surface area is 159 Å². The number of carbonyl (C=O) groups is 1. The molecule has 2 aliphatic carbocycles. The van der Waals surface area contributed by atoms with Crippen LogP contribution in [0.3, 0.4) is 0 Å². The lowest BCUT2D eigenvalue weighted by molar-refractivity contribution is -0.149. The first-order valence-corrected chi connectivity index (χ1v) is 11.4. The summed E-state index contributed by atoms with van der Waals surface area (Å²) in [5.41, 5.74) is 0.100. The van der Waals surface area contributed by atoms with Crippen molar-refractivity contribution in [1.82, 2.24) is 4.31 Å². The lowest BCUT2D eigenvalue weighted by Crippen LogP contribution is -2.51. The zero-order valence-electron chi connectivity index (χ0n) is 15.5. The van der Waals surface area contributed by atoms with Crippen molar-refractivity contribution in [3.63, 3.8) is 0 Å². The number of hydrogen-bond acceptors (Lipinski definition) is 4. The van der Waals surface area contributed by atoms with Crippen molar-refractivity contribution in [3.8, 4) is 0 Å². The van der Waals surface area contributed by atoms with Gasteiger partial charge in [0, 0.05) is 11.0 Å². The van der Waals surface area contributed by atoms with Gasteiger partial charge in [0.1, 0.15) is 6.10 Å². The molecule has 0 unspecified atom stereocenters. The molecule has 6 rings (SSSR count). The maximum Gasteiger partial charge on any atom is 0.277 e. The van der Waals surface area contributed by atoms with Crippen molar-refractivity contribution in [2.75, 3.05) is 5.75 Å². The second-order valence-electron chi connectivity index (χ2n) is 9.44. The Morgan fingerprint density at radius 1 is 1.26 bits per heavy atom. The van der Waals surface area contributed by atoms with E-state index in [1.54, 1.807) is 6.08 Å². The second-order valence-corrected chi connectivity index (χ2v) is 11.3. The molecule has 0 aromatic heterocycles. The smallest absolute Gasteiger partial charge is 0.277 e. The second kappa shape index (κ2) is 4.49. The number of sulfonamides is 1. The van der Waals surface area contributed by atoms with Gasteiger partial charge in [0.25, 0.3) is 5.91 Å². The van der Waals surface area contributed by atoms with E-state index in [4.69, 9.17) is 4.74 Å². The van der Waals surface area contributed by atoms with Gasteiger partial charge < -0.3 is 4.74 Å². The van der Waals surface area contributed by atoms with Crippen molar-refractivity contribution in [2.45, 2.75) is 50.9 Å². The number of benzene rings is 1. The van der Waals surface area contributed by atoms with Gasteiger partial charge >= 0.3 is 0 Å². The Bertz CT molecular complexity index is 1030. The molecule has 142 valence electrons. The van der Waals surface area contributed by atoms with Gasteiger partial charge in [0.2, 0.25) is 10.0 Å². The van der Waals surface area contributed by atoms with E-state index in [1.165, 1.54) is 4.31 Å². The summed E-state index contributed by atoms with van der Waals surface area (Å²) in [4.78, 5) is 13.8. The molecule has 0 radical (unpaired) electrons. The number of ether oxygens (including phenoxy) is 1. The third-order valence-electron chi connectivity index (χ3n) is 8.42. The number of amides is 1. The first-order valence-electron chi connectivity index (χ1n) is 9.76. The molecule has 5 nitrogen and oxygen atoms in total. The minimum atomic E-state index is -3.66. The molecule has 6 heteroatoms. The van der Waals surface area contributed by atoms with E-state index in [-0.39, 0.29) is 28.7 Å². The third-order valence-corrected chi connectivity index (χ3v) is 10.3. The van der Waals surface area contributed by atoms with Crippen molar-refractivity contribution < 1.29 is 17.9 Å². The minimum absolute atomic E-state index is 0.0556. The van der Waals surface area contributed by atoms with E-state index < -0.39 is 21.5 Å². The highest BCUT2D eigenvalue weighted by atomic mass is 32.2. The SMILES string of the molecule is CC1(C)[C@@H]2CC[C@]13CS(=O)(=O)N(C(=O)[C@]14C=C[C@H](O1)c1ccccc14)[C@@H]3C2. The molecule has 3 fully saturated rings. The van der Waals surface area contributed by atoms with E-state index in [9.17, 15) is 13.2 Å². The fourth-order valence-corrected chi connectivity index (χ4v) is 9.42. The number of hydrogen-bond donors (Lipinski definition) is 0. The molecule has 27 heavy (non-hydrogen) atoms. The van der Waals surface area contributed by atoms with Crippen LogP contribution < -0.4 is 0 Å². The Balaban J connectivity index is 1.49. The summed E-state index contributed by atoms with van der Waals surface area (Å²) < 4.78 is 33.9. The fraction of sp³-hybridized carbons (Fsp3) is 0.571. The van der Waals surface area contributed by atoms with Crippen LogP contribution in [0.4, 0.5) is 0 Å². The van der Waals surface area contributed by atoms with E-state index in [0.29, 0.717) is 5.92 Å². The Morgan fingerprint density at radius 3 is 2.81 bits per heavy atom. The van der Waals surface area contributed by atoms with Crippen molar-refractivity contribution in [1.29, 1.82) is 0 Å². The number of carbonyl (C=O) groups excluding carboxylic acids is 1. The standard InChI is InChI=1S/C21H23NO4S/c1-19(2)13-7-9-20(19)12-27(24,25)22(17(20)11-13)18(23)21-10-8-16(26-21)14-5-3-4-6-15(14)21/h3-6,8,10,13,16-17H,7,9,11-12H2,1-2H3/t13-,16+,17-,20-,21-/m1/s1. The molecule has 0 N–H and O–H groups in total. The lowest BCUT2D eigenvalue weighted by Gasteiger charge is -2.38. The average Bonchev–Trinajstić information content (AvgIpc) is 3.35. The fourth-order valence-electron chi connectivity index (χ4n) is 6.86. The van der Waals surface area contributed by atoms with Gasteiger partial charge in [-0.1, -0.05) is 44.2 Å². The van der Waals surface area contributed by atoms with Gasteiger partial charge in [-0.05, 0) is 42.2 Å². The van der Waals surface area contributed by atoms with Crippen LogP contribution in [0, 0.1) is 16.7 Å². The predicted molar refractivity (Wildman–Crippen MR) is 99.1 cm³/mol. The molecule has 1 saturated heterocycles. The molecule has 5 atom stereocenters. The van der Waals surface area contributed by atoms with Gasteiger partial charge in [-0.15, -0.1) is 0 Å². The van der Waals surface area contributed by atoms with E-state index in [0.717, 1.165) is 30.4 Å². The van der Waals surface area contributed by atoms with Crippen molar-refractivity contribution in [3.05, 3.63) is 47.5 Å². The molecule has 4 bridgehead atoms. The molecule has 1 aromatic rings. The zero-order valence-corrected chi connectivity index (χ0v) is 16.3. The molecule has 2 saturated carbocycles. The highest BCUT2D eigenvalue weighted by Crippen LogP contribution is 2.70. The van der Waals surface area contributed by atoms with Crippen LogP contribution in [-0.4, -0.2) is 30.4 Å². The normalized spacial score (nSPS) is 43.9. The zero-order chi connectivity index (χ0) is 18.8. The predicted octanol–water partition coefficient (Wildman–Crippen LogP) is 2.89. The van der Waals surface area contributed by atoms with Crippen LogP contribution >= 0.6 is 0 Å². The lowest BCUT2D eigenvalue weighted by atomic mass is 9.69.